The molecule has 0 radical (unpaired) electrons. The Kier molecular flexibility index (Phi) is 3.98. The molecule has 2 aromatic carbocycles. The van der Waals surface area contributed by atoms with Crippen LogP contribution in [-0.2, 0) is 0 Å². The van der Waals surface area contributed by atoms with Gasteiger partial charge in [-0.2, -0.15) is 10.2 Å². The summed E-state index contributed by atoms with van der Waals surface area (Å²) in [7, 11) is 0. The molecular formula is C17H14N2O2S. The van der Waals surface area contributed by atoms with E-state index in [1.54, 1.807) is 23.5 Å². The molecule has 0 amide bonds. The molecule has 110 valence electrons. The number of carboxylic acids is 1. The van der Waals surface area contributed by atoms with Crippen molar-refractivity contribution < 1.29 is 9.90 Å². The Morgan fingerprint density at radius 2 is 1.86 bits per heavy atom. The van der Waals surface area contributed by atoms with Gasteiger partial charge in [0.25, 0.3) is 0 Å². The quantitative estimate of drug-likeness (QED) is 0.652. The van der Waals surface area contributed by atoms with E-state index in [0.29, 0.717) is 5.69 Å². The van der Waals surface area contributed by atoms with E-state index in [0.717, 1.165) is 5.56 Å². The molecular weight excluding hydrogens is 296 g/mol. The molecule has 0 bridgehead atoms. The average molecular weight is 310 g/mol. The minimum absolute atomic E-state index is 0.0460. The van der Waals surface area contributed by atoms with E-state index in [-0.39, 0.29) is 11.6 Å². The van der Waals surface area contributed by atoms with E-state index in [9.17, 15) is 4.79 Å². The lowest BCUT2D eigenvalue weighted by Gasteiger charge is -2.03. The zero-order valence-electron chi connectivity index (χ0n) is 11.9. The van der Waals surface area contributed by atoms with Crippen molar-refractivity contribution in [2.24, 2.45) is 10.2 Å². The number of hydrogen-bond acceptors (Lipinski definition) is 4. The minimum atomic E-state index is -0.943. The lowest BCUT2D eigenvalue weighted by Crippen LogP contribution is -1.94. The molecule has 1 heterocycles. The zero-order valence-corrected chi connectivity index (χ0v) is 12.7. The first-order valence-corrected chi connectivity index (χ1v) is 7.73. The number of aromatic carboxylic acids is 1. The molecule has 0 aliphatic heterocycles. The highest BCUT2D eigenvalue weighted by atomic mass is 32.1. The van der Waals surface area contributed by atoms with Crippen molar-refractivity contribution in [3.63, 3.8) is 0 Å². The predicted molar refractivity (Wildman–Crippen MR) is 88.2 cm³/mol. The molecule has 3 rings (SSSR count). The van der Waals surface area contributed by atoms with Gasteiger partial charge in [-0.15, -0.1) is 11.3 Å². The molecule has 1 aromatic heterocycles. The average Bonchev–Trinajstić information content (AvgIpc) is 2.97. The molecule has 0 saturated heterocycles. The van der Waals surface area contributed by atoms with Gasteiger partial charge >= 0.3 is 5.97 Å². The van der Waals surface area contributed by atoms with Crippen molar-refractivity contribution in [1.29, 1.82) is 0 Å². The Labute approximate surface area is 131 Å². The van der Waals surface area contributed by atoms with Crippen LogP contribution in [0.15, 0.2) is 64.1 Å². The van der Waals surface area contributed by atoms with Gasteiger partial charge in [-0.05, 0) is 53.6 Å². The maximum atomic E-state index is 10.8. The monoisotopic (exact) mass is 310 g/mol. The van der Waals surface area contributed by atoms with Crippen LogP contribution in [0.1, 0.15) is 28.9 Å². The summed E-state index contributed by atoms with van der Waals surface area (Å²) in [5.41, 5.74) is 2.05. The highest BCUT2D eigenvalue weighted by Crippen LogP contribution is 2.32. The SMILES string of the molecule is CC(N=Nc1ccc(C(=O)O)cc1)c1csc2ccccc12. The van der Waals surface area contributed by atoms with Gasteiger partial charge in [-0.25, -0.2) is 4.79 Å². The van der Waals surface area contributed by atoms with Crippen LogP contribution in [0.4, 0.5) is 5.69 Å². The Morgan fingerprint density at radius 1 is 1.14 bits per heavy atom. The van der Waals surface area contributed by atoms with Crippen LogP contribution in [-0.4, -0.2) is 11.1 Å². The van der Waals surface area contributed by atoms with Gasteiger partial charge in [0.15, 0.2) is 0 Å². The molecule has 4 nitrogen and oxygen atoms in total. The standard InChI is InChI=1S/C17H14N2O2S/c1-11(15-10-22-16-5-3-2-4-14(15)16)18-19-13-8-6-12(7-9-13)17(20)21/h2-11H,1H3,(H,20,21). The zero-order chi connectivity index (χ0) is 15.5. The number of benzene rings is 2. The topological polar surface area (TPSA) is 62.0 Å². The van der Waals surface area contributed by atoms with Gasteiger partial charge in [-0.3, -0.25) is 0 Å². The molecule has 1 atom stereocenters. The van der Waals surface area contributed by atoms with Gasteiger partial charge in [0.1, 0.15) is 0 Å². The summed E-state index contributed by atoms with van der Waals surface area (Å²) < 4.78 is 1.24. The number of fused-ring (bicyclic) bond motifs is 1. The number of carboxylic acid groups (broad SMARTS) is 1. The van der Waals surface area contributed by atoms with Gasteiger partial charge in [0.2, 0.25) is 0 Å². The van der Waals surface area contributed by atoms with Gasteiger partial charge in [-0.1, -0.05) is 18.2 Å². The van der Waals surface area contributed by atoms with Crippen molar-refractivity contribution in [3.05, 3.63) is 65.0 Å². The number of hydrogen-bond donors (Lipinski definition) is 1. The summed E-state index contributed by atoms with van der Waals surface area (Å²) in [6.45, 7) is 2.00. The fraction of sp³-hybridized carbons (Fsp3) is 0.118. The Hall–Kier alpha value is -2.53. The van der Waals surface area contributed by atoms with Crippen molar-refractivity contribution in [1.82, 2.24) is 0 Å². The van der Waals surface area contributed by atoms with Gasteiger partial charge < -0.3 is 5.11 Å². The van der Waals surface area contributed by atoms with Crippen molar-refractivity contribution in [2.45, 2.75) is 13.0 Å². The number of nitrogens with zero attached hydrogens (tertiary/aromatic N) is 2. The van der Waals surface area contributed by atoms with Gasteiger partial charge in [0.05, 0.1) is 17.3 Å². The summed E-state index contributed by atoms with van der Waals surface area (Å²) >= 11 is 1.70. The van der Waals surface area contributed by atoms with E-state index >= 15 is 0 Å². The highest BCUT2D eigenvalue weighted by Gasteiger charge is 2.10. The van der Waals surface area contributed by atoms with E-state index < -0.39 is 5.97 Å². The van der Waals surface area contributed by atoms with Gasteiger partial charge in [0, 0.05) is 4.70 Å². The number of thiophene rings is 1. The van der Waals surface area contributed by atoms with Crippen molar-refractivity contribution in [3.8, 4) is 0 Å². The first-order valence-electron chi connectivity index (χ1n) is 6.85. The van der Waals surface area contributed by atoms with Crippen LogP contribution in [0.3, 0.4) is 0 Å². The van der Waals surface area contributed by atoms with Crippen LogP contribution < -0.4 is 0 Å². The minimum Gasteiger partial charge on any atom is -0.478 e. The first-order chi connectivity index (χ1) is 10.6. The van der Waals surface area contributed by atoms with Crippen LogP contribution in [0.2, 0.25) is 0 Å². The molecule has 0 aliphatic rings. The predicted octanol–water partition coefficient (Wildman–Crippen LogP) is 5.44. The normalized spacial score (nSPS) is 12.8. The molecule has 5 heteroatoms. The third-order valence-corrected chi connectivity index (χ3v) is 4.40. The van der Waals surface area contributed by atoms with Crippen LogP contribution in [0.5, 0.6) is 0 Å². The van der Waals surface area contributed by atoms with Crippen LogP contribution in [0, 0.1) is 0 Å². The number of azo groups is 1. The lowest BCUT2D eigenvalue weighted by atomic mass is 10.1. The molecule has 0 fully saturated rings. The third-order valence-electron chi connectivity index (χ3n) is 3.42. The number of carbonyl (C=O) groups is 1. The summed E-state index contributed by atoms with van der Waals surface area (Å²) in [4.78, 5) is 10.8. The number of rotatable bonds is 4. The first kappa shape index (κ1) is 14.4. The fourth-order valence-corrected chi connectivity index (χ4v) is 3.26. The second-order valence-electron chi connectivity index (χ2n) is 4.93. The molecule has 0 aliphatic carbocycles. The second kappa shape index (κ2) is 6.07. The summed E-state index contributed by atoms with van der Waals surface area (Å²) in [5.74, 6) is -0.943. The third kappa shape index (κ3) is 2.89. The molecule has 3 aromatic rings. The van der Waals surface area contributed by atoms with Crippen molar-refractivity contribution in [2.75, 3.05) is 0 Å². The maximum absolute atomic E-state index is 10.8. The smallest absolute Gasteiger partial charge is 0.335 e. The van der Waals surface area contributed by atoms with Crippen LogP contribution in [0.25, 0.3) is 10.1 Å². The summed E-state index contributed by atoms with van der Waals surface area (Å²) in [6, 6.07) is 14.6. The summed E-state index contributed by atoms with van der Waals surface area (Å²) in [6.07, 6.45) is 0. The Bertz CT molecular complexity index is 837. The lowest BCUT2D eigenvalue weighted by molar-refractivity contribution is 0.0697. The molecule has 22 heavy (non-hydrogen) atoms. The molecule has 0 saturated carbocycles. The maximum Gasteiger partial charge on any atom is 0.335 e. The second-order valence-corrected chi connectivity index (χ2v) is 5.84. The molecule has 1 unspecified atom stereocenters. The Morgan fingerprint density at radius 3 is 2.59 bits per heavy atom. The van der Waals surface area contributed by atoms with E-state index in [1.807, 2.05) is 19.1 Å². The van der Waals surface area contributed by atoms with Crippen molar-refractivity contribution >= 4 is 33.1 Å². The van der Waals surface area contributed by atoms with E-state index in [2.05, 4.69) is 27.7 Å². The molecule has 0 spiro atoms. The largest absolute Gasteiger partial charge is 0.478 e. The highest BCUT2D eigenvalue weighted by molar-refractivity contribution is 7.17. The van der Waals surface area contributed by atoms with E-state index in [1.165, 1.54) is 22.2 Å². The Balaban J connectivity index is 1.81. The summed E-state index contributed by atoms with van der Waals surface area (Å²) in [5, 5.41) is 20.7. The fourth-order valence-electron chi connectivity index (χ4n) is 2.21. The van der Waals surface area contributed by atoms with Crippen LogP contribution >= 0.6 is 11.3 Å². The molecule has 1 N–H and O–H groups in total. The van der Waals surface area contributed by atoms with E-state index in [4.69, 9.17) is 5.11 Å².